The summed E-state index contributed by atoms with van der Waals surface area (Å²) in [7, 11) is 0. The molecule has 5 nitrogen and oxygen atoms in total. The van der Waals surface area contributed by atoms with Gasteiger partial charge in [-0.1, -0.05) is 0 Å². The van der Waals surface area contributed by atoms with Gasteiger partial charge < -0.3 is 15.5 Å². The quantitative estimate of drug-likeness (QED) is 0.702. The van der Waals surface area contributed by atoms with Gasteiger partial charge in [0, 0.05) is 11.3 Å². The normalized spacial score (nSPS) is 12.1. The number of rotatable bonds is 7. The summed E-state index contributed by atoms with van der Waals surface area (Å²) in [6.45, 7) is -0.598. The first-order valence-corrected chi connectivity index (χ1v) is 7.01. The minimum atomic E-state index is -1.23. The van der Waals surface area contributed by atoms with Crippen molar-refractivity contribution in [2.45, 2.75) is 25.3 Å². The molecule has 0 aliphatic rings. The number of halogens is 1. The van der Waals surface area contributed by atoms with Crippen LogP contribution in [0.2, 0.25) is 0 Å². The third-order valence-corrected chi connectivity index (χ3v) is 3.96. The average Bonchev–Trinajstić information content (AvgIpc) is 2.71. The maximum absolute atomic E-state index is 11.4. The fourth-order valence-electron chi connectivity index (χ4n) is 1.36. The lowest BCUT2D eigenvalue weighted by Gasteiger charge is -2.11. The molecule has 1 rings (SSSR count). The van der Waals surface area contributed by atoms with Crippen molar-refractivity contribution in [1.82, 2.24) is 5.32 Å². The van der Waals surface area contributed by atoms with Crippen LogP contribution < -0.4 is 5.32 Å². The van der Waals surface area contributed by atoms with Crippen LogP contribution in [0.3, 0.4) is 0 Å². The van der Waals surface area contributed by atoms with Crippen LogP contribution >= 0.6 is 27.3 Å². The van der Waals surface area contributed by atoms with Crippen LogP contribution in [0.5, 0.6) is 0 Å². The summed E-state index contributed by atoms with van der Waals surface area (Å²) in [5, 5.41) is 19.7. The van der Waals surface area contributed by atoms with E-state index in [1.54, 1.807) is 11.3 Å². The Balaban J connectivity index is 2.26. The first-order valence-electron chi connectivity index (χ1n) is 5.40. The van der Waals surface area contributed by atoms with Gasteiger partial charge in [0.15, 0.2) is 0 Å². The summed E-state index contributed by atoms with van der Waals surface area (Å²) in [6.07, 6.45) is 1.68. The van der Waals surface area contributed by atoms with Crippen molar-refractivity contribution in [3.8, 4) is 0 Å². The Morgan fingerprint density at radius 1 is 1.44 bits per heavy atom. The molecule has 0 bridgehead atoms. The van der Waals surface area contributed by atoms with E-state index in [-0.39, 0.29) is 12.3 Å². The minimum absolute atomic E-state index is 0.249. The Hall–Kier alpha value is -0.920. The number of carbonyl (C=O) groups is 2. The van der Waals surface area contributed by atoms with Crippen LogP contribution in [-0.4, -0.2) is 34.7 Å². The van der Waals surface area contributed by atoms with Gasteiger partial charge in [-0.15, -0.1) is 11.3 Å². The van der Waals surface area contributed by atoms with E-state index in [0.29, 0.717) is 6.42 Å². The molecule has 0 aliphatic heterocycles. The Morgan fingerprint density at radius 2 is 2.17 bits per heavy atom. The van der Waals surface area contributed by atoms with Crippen LogP contribution in [-0.2, 0) is 16.0 Å². The number of aliphatic carboxylic acids is 1. The summed E-state index contributed by atoms with van der Waals surface area (Å²) in [6, 6.07) is 2.72. The van der Waals surface area contributed by atoms with Crippen molar-refractivity contribution in [3.63, 3.8) is 0 Å². The number of carbonyl (C=O) groups excluding carboxylic acids is 1. The molecule has 7 heteroatoms. The predicted octanol–water partition coefficient (Wildman–Crippen LogP) is 1.40. The number of hydrogen-bond acceptors (Lipinski definition) is 4. The molecular weight excluding hydrogens is 322 g/mol. The van der Waals surface area contributed by atoms with E-state index < -0.39 is 18.6 Å². The highest BCUT2D eigenvalue weighted by Crippen LogP contribution is 2.23. The zero-order valence-electron chi connectivity index (χ0n) is 9.56. The molecule has 1 atom stereocenters. The molecule has 0 spiro atoms. The summed E-state index contributed by atoms with van der Waals surface area (Å²) < 4.78 is 1.05. The molecule has 0 fully saturated rings. The van der Waals surface area contributed by atoms with E-state index in [2.05, 4.69) is 21.2 Å². The highest BCUT2D eigenvalue weighted by Gasteiger charge is 2.18. The second-order valence-electron chi connectivity index (χ2n) is 3.70. The van der Waals surface area contributed by atoms with Gasteiger partial charge in [0.1, 0.15) is 6.04 Å². The molecule has 1 heterocycles. The van der Waals surface area contributed by atoms with Crippen LogP contribution in [0.4, 0.5) is 0 Å². The van der Waals surface area contributed by atoms with E-state index >= 15 is 0 Å². The van der Waals surface area contributed by atoms with Crippen molar-refractivity contribution < 1.29 is 19.8 Å². The summed E-state index contributed by atoms with van der Waals surface area (Å²) in [4.78, 5) is 23.2. The molecule has 0 unspecified atom stereocenters. The third-order valence-electron chi connectivity index (χ3n) is 2.27. The van der Waals surface area contributed by atoms with Gasteiger partial charge in [-0.05, 0) is 40.9 Å². The molecule has 0 aromatic carbocycles. The van der Waals surface area contributed by atoms with Gasteiger partial charge in [0.2, 0.25) is 5.91 Å². The van der Waals surface area contributed by atoms with Crippen LogP contribution in [0.15, 0.2) is 15.9 Å². The standard InChI is InChI=1S/C11H14BrNO4S/c12-9-5-4-7(18-9)2-1-3-10(15)13-8(6-14)11(16)17/h4-5,8,14H,1-3,6H2,(H,13,15)(H,16,17)/t8-/m1/s1. The number of hydrogen-bond donors (Lipinski definition) is 3. The Bertz CT molecular complexity index is 421. The Labute approximate surface area is 117 Å². The highest BCUT2D eigenvalue weighted by atomic mass is 79.9. The maximum atomic E-state index is 11.4. The van der Waals surface area contributed by atoms with Crippen LogP contribution in [0.25, 0.3) is 0 Å². The fraction of sp³-hybridized carbons (Fsp3) is 0.455. The van der Waals surface area contributed by atoms with E-state index in [9.17, 15) is 9.59 Å². The largest absolute Gasteiger partial charge is 0.480 e. The van der Waals surface area contributed by atoms with Crippen molar-refractivity contribution in [2.24, 2.45) is 0 Å². The van der Waals surface area contributed by atoms with E-state index in [1.807, 2.05) is 12.1 Å². The lowest BCUT2D eigenvalue weighted by Crippen LogP contribution is -2.43. The van der Waals surface area contributed by atoms with Crippen molar-refractivity contribution >= 4 is 39.1 Å². The first kappa shape index (κ1) is 15.1. The van der Waals surface area contributed by atoms with Crippen LogP contribution in [0, 0.1) is 0 Å². The van der Waals surface area contributed by atoms with Gasteiger partial charge >= 0.3 is 5.97 Å². The number of carboxylic acid groups (broad SMARTS) is 1. The molecular formula is C11H14BrNO4S. The molecule has 1 aromatic heterocycles. The number of aliphatic hydroxyl groups is 1. The Kier molecular flexibility index (Phi) is 6.31. The summed E-state index contributed by atoms with van der Waals surface area (Å²) in [5.41, 5.74) is 0. The molecule has 0 saturated heterocycles. The van der Waals surface area contributed by atoms with Gasteiger partial charge in [-0.2, -0.15) is 0 Å². The van der Waals surface area contributed by atoms with Gasteiger partial charge in [-0.3, -0.25) is 4.79 Å². The smallest absolute Gasteiger partial charge is 0.328 e. The number of amides is 1. The van der Waals surface area contributed by atoms with E-state index in [4.69, 9.17) is 10.2 Å². The maximum Gasteiger partial charge on any atom is 0.328 e. The molecule has 18 heavy (non-hydrogen) atoms. The monoisotopic (exact) mass is 335 g/mol. The fourth-order valence-corrected chi connectivity index (χ4v) is 2.89. The molecule has 1 amide bonds. The topological polar surface area (TPSA) is 86.6 Å². The third kappa shape index (κ3) is 5.16. The molecule has 100 valence electrons. The first-order chi connectivity index (χ1) is 8.52. The van der Waals surface area contributed by atoms with Gasteiger partial charge in [0.25, 0.3) is 0 Å². The molecule has 3 N–H and O–H groups in total. The second-order valence-corrected chi connectivity index (χ2v) is 6.25. The summed E-state index contributed by atoms with van der Waals surface area (Å²) in [5.74, 6) is -1.58. The number of aryl methyl sites for hydroxylation is 1. The van der Waals surface area contributed by atoms with Gasteiger partial charge in [0.05, 0.1) is 10.4 Å². The Morgan fingerprint density at radius 3 is 2.67 bits per heavy atom. The molecule has 1 aromatic rings. The average molecular weight is 336 g/mol. The zero-order valence-corrected chi connectivity index (χ0v) is 12.0. The highest BCUT2D eigenvalue weighted by molar-refractivity contribution is 9.11. The number of aliphatic hydroxyl groups excluding tert-OH is 1. The second kappa shape index (κ2) is 7.50. The van der Waals surface area contributed by atoms with Crippen molar-refractivity contribution in [1.29, 1.82) is 0 Å². The number of nitrogens with one attached hydrogen (secondary N) is 1. The summed E-state index contributed by atoms with van der Waals surface area (Å²) >= 11 is 4.97. The van der Waals surface area contributed by atoms with E-state index in [1.165, 1.54) is 4.88 Å². The van der Waals surface area contributed by atoms with Crippen molar-refractivity contribution in [2.75, 3.05) is 6.61 Å². The predicted molar refractivity (Wildman–Crippen MR) is 71.6 cm³/mol. The molecule has 0 aliphatic carbocycles. The molecule has 0 radical (unpaired) electrons. The molecule has 0 saturated carbocycles. The zero-order chi connectivity index (χ0) is 13.5. The lowest BCUT2D eigenvalue weighted by atomic mass is 10.2. The number of carboxylic acids is 1. The van der Waals surface area contributed by atoms with Crippen molar-refractivity contribution in [3.05, 3.63) is 20.8 Å². The minimum Gasteiger partial charge on any atom is -0.480 e. The van der Waals surface area contributed by atoms with E-state index in [0.717, 1.165) is 10.2 Å². The van der Waals surface area contributed by atoms with Gasteiger partial charge in [-0.25, -0.2) is 4.79 Å². The SMILES string of the molecule is O=C(CCCc1ccc(Br)s1)N[C@H](CO)C(=O)O. The number of thiophene rings is 1. The van der Waals surface area contributed by atoms with Crippen LogP contribution in [0.1, 0.15) is 17.7 Å². The lowest BCUT2D eigenvalue weighted by molar-refractivity contribution is -0.142.